The molecule has 1 aliphatic heterocycles. The van der Waals surface area contributed by atoms with Crippen LogP contribution in [0.15, 0.2) is 12.2 Å². The van der Waals surface area contributed by atoms with Crippen LogP contribution in [0, 0.1) is 17.8 Å². The lowest BCUT2D eigenvalue weighted by atomic mass is 9.78. The van der Waals surface area contributed by atoms with Crippen LogP contribution in [0.25, 0.3) is 0 Å². The van der Waals surface area contributed by atoms with E-state index in [1.807, 2.05) is 6.92 Å². The summed E-state index contributed by atoms with van der Waals surface area (Å²) < 4.78 is 6.22. The van der Waals surface area contributed by atoms with Gasteiger partial charge in [-0.1, -0.05) is 26.0 Å². The Morgan fingerprint density at radius 2 is 2.11 bits per heavy atom. The molecule has 1 saturated heterocycles. The van der Waals surface area contributed by atoms with Gasteiger partial charge in [0.15, 0.2) is 0 Å². The summed E-state index contributed by atoms with van der Waals surface area (Å²) in [5.74, 6) is -0.413. The second kappa shape index (κ2) is 4.62. The van der Waals surface area contributed by atoms with Gasteiger partial charge >= 0.3 is 5.97 Å². The quantitative estimate of drug-likeness (QED) is 0.773. The third kappa shape index (κ3) is 2.33. The van der Waals surface area contributed by atoms with Crippen molar-refractivity contribution in [3.8, 4) is 0 Å². The van der Waals surface area contributed by atoms with Gasteiger partial charge in [-0.15, -0.1) is 0 Å². The van der Waals surface area contributed by atoms with E-state index < -0.39 is 11.6 Å². The van der Waals surface area contributed by atoms with Crippen LogP contribution in [0.5, 0.6) is 0 Å². The second-order valence-corrected chi connectivity index (χ2v) is 7.00. The van der Waals surface area contributed by atoms with Gasteiger partial charge in [-0.05, 0) is 45.4 Å². The Hall–Kier alpha value is -0.830. The smallest absolute Gasteiger partial charge is 0.309 e. The van der Waals surface area contributed by atoms with Gasteiger partial charge in [0.05, 0.1) is 17.1 Å². The summed E-state index contributed by atoms with van der Waals surface area (Å²) in [5, 5.41) is 9.46. The van der Waals surface area contributed by atoms with E-state index in [4.69, 9.17) is 4.74 Å². The molecule has 0 aromatic rings. The molecular formula is C16H26O3. The molecule has 0 aromatic heterocycles. The Bertz CT molecular complexity index is 401. The van der Waals surface area contributed by atoms with Crippen molar-refractivity contribution in [2.75, 3.05) is 0 Å². The van der Waals surface area contributed by atoms with Crippen LogP contribution < -0.4 is 0 Å². The monoisotopic (exact) mass is 266 g/mol. The first-order valence-electron chi connectivity index (χ1n) is 7.30. The summed E-state index contributed by atoms with van der Waals surface area (Å²) in [4.78, 5) is 11.5. The minimum Gasteiger partial charge on any atom is -0.481 e. The molecule has 19 heavy (non-hydrogen) atoms. The highest BCUT2D eigenvalue weighted by Gasteiger charge is 2.64. The molecule has 3 nitrogen and oxygen atoms in total. The van der Waals surface area contributed by atoms with E-state index in [0.717, 1.165) is 25.7 Å². The summed E-state index contributed by atoms with van der Waals surface area (Å²) in [5.41, 5.74) is 0.461. The first kappa shape index (κ1) is 14.6. The van der Waals surface area contributed by atoms with Gasteiger partial charge in [0.2, 0.25) is 0 Å². The molecular weight excluding hydrogens is 240 g/mol. The van der Waals surface area contributed by atoms with Crippen molar-refractivity contribution in [2.45, 2.75) is 64.6 Å². The molecule has 0 aromatic carbocycles. The molecule has 3 heteroatoms. The number of aliphatic carboxylic acids is 1. The van der Waals surface area contributed by atoms with E-state index in [1.54, 1.807) is 0 Å². The first-order valence-corrected chi connectivity index (χ1v) is 7.30. The lowest BCUT2D eigenvalue weighted by molar-refractivity contribution is -0.150. The minimum atomic E-state index is -0.698. The number of carbonyl (C=O) groups is 1. The van der Waals surface area contributed by atoms with E-state index in [2.05, 4.69) is 27.4 Å². The maximum absolute atomic E-state index is 11.5. The van der Waals surface area contributed by atoms with Gasteiger partial charge < -0.3 is 9.84 Å². The fraction of sp³-hybridized carbons (Fsp3) is 0.812. The van der Waals surface area contributed by atoms with E-state index in [9.17, 15) is 9.90 Å². The van der Waals surface area contributed by atoms with Gasteiger partial charge in [-0.25, -0.2) is 0 Å². The number of hydrogen-bond donors (Lipinski definition) is 1. The molecule has 1 N–H and O–H groups in total. The fourth-order valence-corrected chi connectivity index (χ4v) is 3.94. The molecule has 4 atom stereocenters. The van der Waals surface area contributed by atoms with Crippen molar-refractivity contribution >= 4 is 5.97 Å². The normalized spacial score (nSPS) is 40.9. The molecule has 2 bridgehead atoms. The maximum atomic E-state index is 11.5. The predicted molar refractivity (Wildman–Crippen MR) is 75.0 cm³/mol. The highest BCUT2D eigenvalue weighted by Crippen LogP contribution is 2.58. The first-order chi connectivity index (χ1) is 8.69. The number of carboxylic acids is 1. The van der Waals surface area contributed by atoms with Crippen molar-refractivity contribution < 1.29 is 14.6 Å². The average molecular weight is 266 g/mol. The van der Waals surface area contributed by atoms with Gasteiger partial charge in [-0.3, -0.25) is 4.79 Å². The van der Waals surface area contributed by atoms with E-state index in [1.165, 1.54) is 5.57 Å². The number of rotatable bonds is 5. The summed E-state index contributed by atoms with van der Waals surface area (Å²) >= 11 is 0. The van der Waals surface area contributed by atoms with Crippen LogP contribution in [-0.4, -0.2) is 22.3 Å². The van der Waals surface area contributed by atoms with Crippen LogP contribution in [-0.2, 0) is 9.53 Å². The van der Waals surface area contributed by atoms with Crippen molar-refractivity contribution in [3.05, 3.63) is 12.2 Å². The zero-order chi connectivity index (χ0) is 14.4. The topological polar surface area (TPSA) is 46.5 Å². The second-order valence-electron chi connectivity index (χ2n) is 7.00. The molecule has 0 radical (unpaired) electrons. The third-order valence-electron chi connectivity index (χ3n) is 5.29. The Balaban J connectivity index is 2.10. The Labute approximate surface area is 116 Å². The highest BCUT2D eigenvalue weighted by atomic mass is 16.5. The molecule has 1 saturated carbocycles. The minimum absolute atomic E-state index is 0.148. The SMILES string of the molecule is C=C(CCC1(C)OC2(C)CCC1C2C(=O)O)C(C)C. The molecule has 0 spiro atoms. The van der Waals surface area contributed by atoms with E-state index in [-0.39, 0.29) is 17.4 Å². The average Bonchev–Trinajstić information content (AvgIpc) is 2.73. The molecule has 1 heterocycles. The summed E-state index contributed by atoms with van der Waals surface area (Å²) in [6.07, 6.45) is 3.65. The van der Waals surface area contributed by atoms with Crippen LogP contribution in [0.2, 0.25) is 0 Å². The standard InChI is InChI=1S/C16H26O3/c1-10(2)11(3)6-8-15(4)12-7-9-16(5,19-15)13(12)14(17)18/h10,12-13H,3,6-9H2,1-2,4-5H3,(H,17,18). The number of hydrogen-bond acceptors (Lipinski definition) is 2. The number of carboxylic acid groups (broad SMARTS) is 1. The fourth-order valence-electron chi connectivity index (χ4n) is 3.94. The highest BCUT2D eigenvalue weighted by molar-refractivity contribution is 5.73. The van der Waals surface area contributed by atoms with Gasteiger partial charge in [0, 0.05) is 5.92 Å². The summed E-state index contributed by atoms with van der Waals surface area (Å²) in [6.45, 7) is 12.5. The van der Waals surface area contributed by atoms with Crippen molar-refractivity contribution in [1.82, 2.24) is 0 Å². The largest absolute Gasteiger partial charge is 0.481 e. The van der Waals surface area contributed by atoms with Crippen LogP contribution in [0.3, 0.4) is 0 Å². The maximum Gasteiger partial charge on any atom is 0.309 e. The summed E-state index contributed by atoms with van der Waals surface area (Å²) in [7, 11) is 0. The zero-order valence-electron chi connectivity index (χ0n) is 12.5. The van der Waals surface area contributed by atoms with Crippen molar-refractivity contribution in [1.29, 1.82) is 0 Å². The molecule has 2 aliphatic rings. The van der Waals surface area contributed by atoms with Crippen LogP contribution >= 0.6 is 0 Å². The lowest BCUT2D eigenvalue weighted by Gasteiger charge is -2.37. The van der Waals surface area contributed by atoms with E-state index in [0.29, 0.717) is 5.92 Å². The molecule has 2 fully saturated rings. The van der Waals surface area contributed by atoms with E-state index >= 15 is 0 Å². The zero-order valence-corrected chi connectivity index (χ0v) is 12.5. The summed E-state index contributed by atoms with van der Waals surface area (Å²) in [6, 6.07) is 0. The van der Waals surface area contributed by atoms with Crippen LogP contribution in [0.1, 0.15) is 53.4 Å². The Kier molecular flexibility index (Phi) is 3.54. The number of ether oxygens (including phenoxy) is 1. The lowest BCUT2D eigenvalue weighted by Crippen LogP contribution is -2.38. The molecule has 1 aliphatic carbocycles. The van der Waals surface area contributed by atoms with Gasteiger partial charge in [0.25, 0.3) is 0 Å². The molecule has 4 unspecified atom stereocenters. The number of allylic oxidation sites excluding steroid dienone is 1. The molecule has 108 valence electrons. The van der Waals surface area contributed by atoms with Gasteiger partial charge in [0.1, 0.15) is 0 Å². The third-order valence-corrected chi connectivity index (χ3v) is 5.29. The Morgan fingerprint density at radius 3 is 2.58 bits per heavy atom. The van der Waals surface area contributed by atoms with Crippen molar-refractivity contribution in [2.24, 2.45) is 17.8 Å². The molecule has 2 rings (SSSR count). The molecule has 0 amide bonds. The Morgan fingerprint density at radius 1 is 1.47 bits per heavy atom. The van der Waals surface area contributed by atoms with Crippen LogP contribution in [0.4, 0.5) is 0 Å². The predicted octanol–water partition coefficient (Wildman–Crippen LogP) is 3.64. The number of fused-ring (bicyclic) bond motifs is 2. The van der Waals surface area contributed by atoms with Gasteiger partial charge in [-0.2, -0.15) is 0 Å². The van der Waals surface area contributed by atoms with Crippen molar-refractivity contribution in [3.63, 3.8) is 0 Å².